The van der Waals surface area contributed by atoms with Crippen LogP contribution in [0.4, 0.5) is 16.2 Å². The van der Waals surface area contributed by atoms with Crippen LogP contribution in [0.5, 0.6) is 0 Å². The van der Waals surface area contributed by atoms with Crippen molar-refractivity contribution >= 4 is 23.3 Å². The number of anilines is 2. The summed E-state index contributed by atoms with van der Waals surface area (Å²) in [5.41, 5.74) is 6.72. The molecule has 0 aliphatic carbocycles. The number of nitrogens with one attached hydrogen (secondary N) is 2. The molecule has 4 N–H and O–H groups in total. The summed E-state index contributed by atoms with van der Waals surface area (Å²) in [7, 11) is 0. The third-order valence-corrected chi connectivity index (χ3v) is 2.37. The van der Waals surface area contributed by atoms with Gasteiger partial charge in [-0.2, -0.15) is 0 Å². The Morgan fingerprint density at radius 1 is 0.895 bits per heavy atom. The van der Waals surface area contributed by atoms with Crippen molar-refractivity contribution in [3.63, 3.8) is 0 Å². The summed E-state index contributed by atoms with van der Waals surface area (Å²) in [5, 5.41) is 5.28. The summed E-state index contributed by atoms with van der Waals surface area (Å²) in [6.45, 7) is 0. The Bertz CT molecular complexity index is 581. The minimum absolute atomic E-state index is 0.377. The average Bonchev–Trinajstić information content (AvgIpc) is 2.40. The summed E-state index contributed by atoms with van der Waals surface area (Å²) < 4.78 is 0. The van der Waals surface area contributed by atoms with Gasteiger partial charge < -0.3 is 16.4 Å². The number of hydrogen-bond acceptors (Lipinski definition) is 3. The van der Waals surface area contributed by atoms with E-state index in [1.54, 1.807) is 48.8 Å². The molecule has 96 valence electrons. The van der Waals surface area contributed by atoms with Crippen molar-refractivity contribution < 1.29 is 9.59 Å². The van der Waals surface area contributed by atoms with Crippen LogP contribution in [-0.2, 0) is 0 Å². The van der Waals surface area contributed by atoms with E-state index in [2.05, 4.69) is 15.6 Å². The van der Waals surface area contributed by atoms with Crippen LogP contribution in [-0.4, -0.2) is 16.9 Å². The molecule has 6 nitrogen and oxygen atoms in total. The standard InChI is InChI=1S/C13H12N4O2/c14-12(18)9-1-3-10(4-2-9)16-13(19)17-11-5-7-15-8-6-11/h1-8H,(H2,14,18)(H2,15,16,17,19). The highest BCUT2D eigenvalue weighted by Crippen LogP contribution is 2.10. The number of rotatable bonds is 3. The Morgan fingerprint density at radius 3 is 1.95 bits per heavy atom. The minimum Gasteiger partial charge on any atom is -0.366 e. The van der Waals surface area contributed by atoms with Crippen LogP contribution in [0.15, 0.2) is 48.8 Å². The maximum Gasteiger partial charge on any atom is 0.323 e. The molecule has 2 rings (SSSR count). The highest BCUT2D eigenvalue weighted by atomic mass is 16.2. The second-order valence-electron chi connectivity index (χ2n) is 3.76. The fourth-order valence-electron chi connectivity index (χ4n) is 1.45. The number of nitrogens with two attached hydrogens (primary N) is 1. The number of urea groups is 1. The molecule has 0 aliphatic heterocycles. The van der Waals surface area contributed by atoms with Gasteiger partial charge in [0.1, 0.15) is 0 Å². The Balaban J connectivity index is 1.97. The molecular weight excluding hydrogens is 244 g/mol. The molecule has 0 bridgehead atoms. The second-order valence-corrected chi connectivity index (χ2v) is 3.76. The molecule has 2 aromatic rings. The third-order valence-electron chi connectivity index (χ3n) is 2.37. The van der Waals surface area contributed by atoms with Crippen molar-refractivity contribution in [2.75, 3.05) is 10.6 Å². The van der Waals surface area contributed by atoms with Gasteiger partial charge >= 0.3 is 6.03 Å². The Hall–Kier alpha value is -2.89. The fourth-order valence-corrected chi connectivity index (χ4v) is 1.45. The lowest BCUT2D eigenvalue weighted by atomic mass is 10.2. The summed E-state index contributed by atoms with van der Waals surface area (Å²) in [5.74, 6) is -0.507. The first-order valence-corrected chi connectivity index (χ1v) is 5.53. The summed E-state index contributed by atoms with van der Waals surface area (Å²) in [6.07, 6.45) is 3.16. The van der Waals surface area contributed by atoms with Crippen LogP contribution in [0.1, 0.15) is 10.4 Å². The lowest BCUT2D eigenvalue weighted by Crippen LogP contribution is -2.19. The van der Waals surface area contributed by atoms with Gasteiger partial charge in [-0.25, -0.2) is 4.79 Å². The SMILES string of the molecule is NC(=O)c1ccc(NC(=O)Nc2ccncc2)cc1. The normalized spacial score (nSPS) is 9.68. The van der Waals surface area contributed by atoms with E-state index in [4.69, 9.17) is 5.73 Å². The minimum atomic E-state index is -0.507. The number of primary amides is 1. The van der Waals surface area contributed by atoms with Gasteiger partial charge in [0.2, 0.25) is 5.91 Å². The number of carbonyl (C=O) groups is 2. The summed E-state index contributed by atoms with van der Waals surface area (Å²) >= 11 is 0. The van der Waals surface area contributed by atoms with E-state index in [0.717, 1.165) is 0 Å². The fraction of sp³-hybridized carbons (Fsp3) is 0. The van der Waals surface area contributed by atoms with E-state index in [1.165, 1.54) is 0 Å². The highest BCUT2D eigenvalue weighted by Gasteiger charge is 2.03. The maximum atomic E-state index is 11.7. The molecule has 0 saturated carbocycles. The van der Waals surface area contributed by atoms with Crippen LogP contribution in [0.2, 0.25) is 0 Å². The first-order chi connectivity index (χ1) is 9.15. The summed E-state index contributed by atoms with van der Waals surface area (Å²) in [4.78, 5) is 26.4. The van der Waals surface area contributed by atoms with Crippen molar-refractivity contribution in [3.8, 4) is 0 Å². The van der Waals surface area contributed by atoms with E-state index in [9.17, 15) is 9.59 Å². The third kappa shape index (κ3) is 3.53. The molecule has 0 unspecified atom stereocenters. The quantitative estimate of drug-likeness (QED) is 0.781. The molecule has 0 radical (unpaired) electrons. The van der Waals surface area contributed by atoms with Crippen LogP contribution in [0, 0.1) is 0 Å². The van der Waals surface area contributed by atoms with Gasteiger partial charge in [-0.15, -0.1) is 0 Å². The van der Waals surface area contributed by atoms with Gasteiger partial charge in [0, 0.05) is 29.3 Å². The lowest BCUT2D eigenvalue weighted by molar-refractivity contribution is 0.100. The number of aromatic nitrogens is 1. The zero-order valence-electron chi connectivity index (χ0n) is 9.96. The monoisotopic (exact) mass is 256 g/mol. The molecule has 1 aromatic heterocycles. The molecule has 1 heterocycles. The number of nitrogens with zero attached hydrogens (tertiary/aromatic N) is 1. The van der Waals surface area contributed by atoms with Crippen LogP contribution in [0.3, 0.4) is 0 Å². The van der Waals surface area contributed by atoms with Crippen molar-refractivity contribution in [3.05, 3.63) is 54.4 Å². The van der Waals surface area contributed by atoms with E-state index < -0.39 is 5.91 Å². The Morgan fingerprint density at radius 2 is 1.42 bits per heavy atom. The van der Waals surface area contributed by atoms with Crippen LogP contribution in [0.25, 0.3) is 0 Å². The molecule has 0 fully saturated rings. The van der Waals surface area contributed by atoms with E-state index >= 15 is 0 Å². The molecule has 0 spiro atoms. The first kappa shape index (κ1) is 12.6. The maximum absolute atomic E-state index is 11.7. The Kier molecular flexibility index (Phi) is 3.72. The number of hydrogen-bond donors (Lipinski definition) is 3. The van der Waals surface area contributed by atoms with Gasteiger partial charge in [0.25, 0.3) is 0 Å². The molecule has 6 heteroatoms. The van der Waals surface area contributed by atoms with Crippen molar-refractivity contribution in [2.45, 2.75) is 0 Å². The molecule has 19 heavy (non-hydrogen) atoms. The molecule has 3 amide bonds. The van der Waals surface area contributed by atoms with Gasteiger partial charge in [-0.1, -0.05) is 0 Å². The molecule has 0 saturated heterocycles. The van der Waals surface area contributed by atoms with Gasteiger partial charge in [0.15, 0.2) is 0 Å². The lowest BCUT2D eigenvalue weighted by Gasteiger charge is -2.07. The number of pyridine rings is 1. The predicted molar refractivity (Wildman–Crippen MR) is 71.8 cm³/mol. The molecule has 1 aromatic carbocycles. The second kappa shape index (κ2) is 5.63. The number of benzene rings is 1. The molecule has 0 atom stereocenters. The average molecular weight is 256 g/mol. The smallest absolute Gasteiger partial charge is 0.323 e. The predicted octanol–water partition coefficient (Wildman–Crippen LogP) is 1.82. The van der Waals surface area contributed by atoms with Gasteiger partial charge in [-0.05, 0) is 36.4 Å². The largest absolute Gasteiger partial charge is 0.366 e. The molecule has 0 aliphatic rings. The van der Waals surface area contributed by atoms with E-state index in [0.29, 0.717) is 16.9 Å². The topological polar surface area (TPSA) is 97.1 Å². The zero-order valence-corrected chi connectivity index (χ0v) is 9.96. The number of amides is 3. The molecular formula is C13H12N4O2. The van der Waals surface area contributed by atoms with Gasteiger partial charge in [0.05, 0.1) is 0 Å². The van der Waals surface area contributed by atoms with Crippen molar-refractivity contribution in [1.29, 1.82) is 0 Å². The summed E-state index contributed by atoms with van der Waals surface area (Å²) in [6, 6.07) is 9.27. The van der Waals surface area contributed by atoms with E-state index in [-0.39, 0.29) is 6.03 Å². The van der Waals surface area contributed by atoms with Crippen molar-refractivity contribution in [2.24, 2.45) is 5.73 Å². The van der Waals surface area contributed by atoms with E-state index in [1.807, 2.05) is 0 Å². The van der Waals surface area contributed by atoms with Crippen molar-refractivity contribution in [1.82, 2.24) is 4.98 Å². The Labute approximate surface area is 109 Å². The first-order valence-electron chi connectivity index (χ1n) is 5.53. The highest BCUT2D eigenvalue weighted by molar-refractivity contribution is 6.00. The van der Waals surface area contributed by atoms with Crippen LogP contribution < -0.4 is 16.4 Å². The van der Waals surface area contributed by atoms with Gasteiger partial charge in [-0.3, -0.25) is 9.78 Å². The van der Waals surface area contributed by atoms with Crippen LogP contribution >= 0.6 is 0 Å². The zero-order chi connectivity index (χ0) is 13.7. The number of carbonyl (C=O) groups excluding carboxylic acids is 2.